The summed E-state index contributed by atoms with van der Waals surface area (Å²) in [6, 6.07) is 3.89. The fourth-order valence-electron chi connectivity index (χ4n) is 2.59. The van der Waals surface area contributed by atoms with E-state index in [0.29, 0.717) is 0 Å². The largest absolute Gasteiger partial charge is 0.469 e. The van der Waals surface area contributed by atoms with Gasteiger partial charge in [-0.25, -0.2) is 0 Å². The molecule has 0 aromatic carbocycles. The Morgan fingerprint density at radius 3 is 3.00 bits per heavy atom. The molecule has 1 saturated heterocycles. The Labute approximate surface area is 138 Å². The van der Waals surface area contributed by atoms with Crippen molar-refractivity contribution >= 4 is 5.96 Å². The number of aliphatic hydroxyl groups excluding tert-OH is 1. The van der Waals surface area contributed by atoms with Crippen LogP contribution < -0.4 is 5.32 Å². The number of furan rings is 1. The zero-order chi connectivity index (χ0) is 16.3. The normalized spacial score (nSPS) is 16.8. The Balaban J connectivity index is 1.81. The van der Waals surface area contributed by atoms with Gasteiger partial charge in [0.15, 0.2) is 5.96 Å². The van der Waals surface area contributed by atoms with Crippen LogP contribution in [0.15, 0.2) is 27.8 Å². The third-order valence-corrected chi connectivity index (χ3v) is 3.91. The minimum Gasteiger partial charge on any atom is -0.469 e. The zero-order valence-electron chi connectivity index (χ0n) is 14.0. The molecule has 0 atom stereocenters. The maximum Gasteiger partial charge on any atom is 0.193 e. The van der Waals surface area contributed by atoms with E-state index in [0.717, 1.165) is 76.8 Å². The first kappa shape index (κ1) is 17.8. The Morgan fingerprint density at radius 2 is 2.30 bits per heavy atom. The third kappa shape index (κ3) is 6.62. The highest BCUT2D eigenvalue weighted by atomic mass is 16.5. The zero-order valence-corrected chi connectivity index (χ0v) is 14.0. The van der Waals surface area contributed by atoms with Crippen LogP contribution in [-0.2, 0) is 11.2 Å². The number of nitrogens with zero attached hydrogens (tertiary/aromatic N) is 2. The van der Waals surface area contributed by atoms with Crippen molar-refractivity contribution in [2.24, 2.45) is 4.99 Å². The maximum atomic E-state index is 9.67. The number of nitrogens with one attached hydrogen (secondary N) is 1. The smallest absolute Gasteiger partial charge is 0.193 e. The molecule has 2 heterocycles. The highest BCUT2D eigenvalue weighted by Gasteiger charge is 2.19. The Hall–Kier alpha value is -1.53. The molecule has 0 saturated carbocycles. The topological polar surface area (TPSA) is 70.2 Å². The Kier molecular flexibility index (Phi) is 7.97. The van der Waals surface area contributed by atoms with Crippen molar-refractivity contribution < 1.29 is 14.3 Å². The lowest BCUT2D eigenvalue weighted by atomic mass is 10.1. The average Bonchev–Trinajstić information content (AvgIpc) is 3.07. The molecule has 0 amide bonds. The predicted octanol–water partition coefficient (Wildman–Crippen LogP) is 1.65. The van der Waals surface area contributed by atoms with Crippen molar-refractivity contribution in [3.05, 3.63) is 24.2 Å². The van der Waals surface area contributed by atoms with Gasteiger partial charge in [0.2, 0.25) is 0 Å². The van der Waals surface area contributed by atoms with Crippen molar-refractivity contribution in [3.63, 3.8) is 0 Å². The molecule has 6 nitrogen and oxygen atoms in total. The monoisotopic (exact) mass is 323 g/mol. The summed E-state index contributed by atoms with van der Waals surface area (Å²) in [5, 5.41) is 13.1. The van der Waals surface area contributed by atoms with Gasteiger partial charge in [0.05, 0.1) is 12.4 Å². The molecule has 1 aromatic heterocycles. The van der Waals surface area contributed by atoms with Gasteiger partial charge in [0, 0.05) is 45.8 Å². The van der Waals surface area contributed by atoms with Gasteiger partial charge in [-0.3, -0.25) is 4.99 Å². The van der Waals surface area contributed by atoms with Gasteiger partial charge >= 0.3 is 0 Å². The molecule has 1 aliphatic rings. The second kappa shape index (κ2) is 10.3. The van der Waals surface area contributed by atoms with Gasteiger partial charge in [-0.05, 0) is 38.3 Å². The van der Waals surface area contributed by atoms with E-state index in [4.69, 9.17) is 14.1 Å². The third-order valence-electron chi connectivity index (χ3n) is 3.91. The second-order valence-electron chi connectivity index (χ2n) is 5.73. The van der Waals surface area contributed by atoms with Gasteiger partial charge in [-0.1, -0.05) is 0 Å². The lowest BCUT2D eigenvalue weighted by Gasteiger charge is -2.32. The summed E-state index contributed by atoms with van der Waals surface area (Å²) in [5.74, 6) is 1.90. The van der Waals surface area contributed by atoms with E-state index >= 15 is 0 Å². The average molecular weight is 323 g/mol. The van der Waals surface area contributed by atoms with E-state index in [1.54, 1.807) is 6.26 Å². The molecule has 0 radical (unpaired) electrons. The van der Waals surface area contributed by atoms with Crippen molar-refractivity contribution in [1.29, 1.82) is 0 Å². The lowest BCUT2D eigenvalue weighted by Crippen LogP contribution is -2.47. The summed E-state index contributed by atoms with van der Waals surface area (Å²) in [6.45, 7) is 6.74. The van der Waals surface area contributed by atoms with Crippen LogP contribution in [0.5, 0.6) is 0 Å². The van der Waals surface area contributed by atoms with E-state index < -0.39 is 0 Å². The molecule has 23 heavy (non-hydrogen) atoms. The number of hydrogen-bond donors (Lipinski definition) is 2. The van der Waals surface area contributed by atoms with Crippen molar-refractivity contribution in [1.82, 2.24) is 10.2 Å². The first-order valence-electron chi connectivity index (χ1n) is 8.61. The van der Waals surface area contributed by atoms with E-state index in [9.17, 15) is 5.11 Å². The van der Waals surface area contributed by atoms with Crippen molar-refractivity contribution in [2.45, 2.75) is 38.7 Å². The van der Waals surface area contributed by atoms with Crippen LogP contribution in [0.4, 0.5) is 0 Å². The summed E-state index contributed by atoms with van der Waals surface area (Å²) < 4.78 is 10.7. The van der Waals surface area contributed by atoms with E-state index in [-0.39, 0.29) is 6.10 Å². The van der Waals surface area contributed by atoms with E-state index in [2.05, 4.69) is 10.2 Å². The number of guanidine groups is 1. The molecular weight excluding hydrogens is 294 g/mol. The van der Waals surface area contributed by atoms with E-state index in [1.165, 1.54) is 0 Å². The molecule has 2 N–H and O–H groups in total. The minimum atomic E-state index is -0.173. The summed E-state index contributed by atoms with van der Waals surface area (Å²) in [4.78, 5) is 6.93. The SMILES string of the molecule is CCOCCCN=C(NCCc1ccco1)N1CCC(O)CC1. The predicted molar refractivity (Wildman–Crippen MR) is 90.6 cm³/mol. The second-order valence-corrected chi connectivity index (χ2v) is 5.73. The van der Waals surface area contributed by atoms with Crippen LogP contribution in [0.3, 0.4) is 0 Å². The van der Waals surface area contributed by atoms with Crippen molar-refractivity contribution in [3.8, 4) is 0 Å². The number of ether oxygens (including phenoxy) is 1. The summed E-state index contributed by atoms with van der Waals surface area (Å²) >= 11 is 0. The van der Waals surface area contributed by atoms with Gasteiger partial charge in [-0.15, -0.1) is 0 Å². The first-order valence-corrected chi connectivity index (χ1v) is 8.61. The highest BCUT2D eigenvalue weighted by Crippen LogP contribution is 2.10. The summed E-state index contributed by atoms with van der Waals surface area (Å²) in [7, 11) is 0. The standard InChI is InChI=1S/C17H29N3O3/c1-2-22-13-4-9-18-17(20-11-7-15(21)8-12-20)19-10-6-16-5-3-14-23-16/h3,5,14-15,21H,2,4,6-13H2,1H3,(H,18,19). The number of aliphatic hydroxyl groups is 1. The molecule has 0 unspecified atom stereocenters. The maximum absolute atomic E-state index is 9.67. The summed E-state index contributed by atoms with van der Waals surface area (Å²) in [5.41, 5.74) is 0. The molecular formula is C17H29N3O3. The fourth-order valence-corrected chi connectivity index (χ4v) is 2.59. The number of hydrogen-bond acceptors (Lipinski definition) is 4. The molecule has 0 bridgehead atoms. The van der Waals surface area contributed by atoms with Gasteiger partial charge in [0.25, 0.3) is 0 Å². The Morgan fingerprint density at radius 1 is 1.48 bits per heavy atom. The van der Waals surface area contributed by atoms with Crippen molar-refractivity contribution in [2.75, 3.05) is 39.4 Å². The molecule has 0 aliphatic carbocycles. The van der Waals surface area contributed by atoms with Gasteiger partial charge < -0.3 is 24.5 Å². The molecule has 2 rings (SSSR count). The first-order chi connectivity index (χ1) is 11.3. The molecule has 0 spiro atoms. The fraction of sp³-hybridized carbons (Fsp3) is 0.706. The molecule has 1 fully saturated rings. The molecule has 6 heteroatoms. The summed E-state index contributed by atoms with van der Waals surface area (Å²) in [6.07, 6.45) is 4.89. The van der Waals surface area contributed by atoms with Crippen LogP contribution in [0.2, 0.25) is 0 Å². The highest BCUT2D eigenvalue weighted by molar-refractivity contribution is 5.80. The van der Waals surface area contributed by atoms with E-state index in [1.807, 2.05) is 19.1 Å². The Bertz CT molecular complexity index is 440. The minimum absolute atomic E-state index is 0.173. The van der Waals surface area contributed by atoms with Crippen LogP contribution in [-0.4, -0.2) is 61.5 Å². The molecule has 1 aliphatic heterocycles. The lowest BCUT2D eigenvalue weighted by molar-refractivity contribution is 0.108. The molecule has 130 valence electrons. The number of aliphatic imine (C=N–C) groups is 1. The molecule has 1 aromatic rings. The van der Waals surface area contributed by atoms with Crippen LogP contribution >= 0.6 is 0 Å². The van der Waals surface area contributed by atoms with Gasteiger partial charge in [0.1, 0.15) is 5.76 Å². The quantitative estimate of drug-likeness (QED) is 0.432. The van der Waals surface area contributed by atoms with Crippen LogP contribution in [0.25, 0.3) is 0 Å². The number of likely N-dealkylation sites (tertiary alicyclic amines) is 1. The number of piperidine rings is 1. The number of rotatable bonds is 8. The van der Waals surface area contributed by atoms with Gasteiger partial charge in [-0.2, -0.15) is 0 Å². The van der Waals surface area contributed by atoms with Crippen LogP contribution in [0.1, 0.15) is 31.9 Å². The van der Waals surface area contributed by atoms with Crippen LogP contribution in [0, 0.1) is 0 Å².